The lowest BCUT2D eigenvalue weighted by molar-refractivity contribution is -0.0914. The van der Waals surface area contributed by atoms with Crippen molar-refractivity contribution in [3.05, 3.63) is 0 Å². The minimum absolute atomic E-state index is 0.215. The summed E-state index contributed by atoms with van der Waals surface area (Å²) in [5.41, 5.74) is 0. The molecule has 3 nitrogen and oxygen atoms in total. The number of hydrogen-bond acceptors (Lipinski definition) is 3. The van der Waals surface area contributed by atoms with E-state index in [1.54, 1.807) is 0 Å². The third-order valence-corrected chi connectivity index (χ3v) is 6.23. The van der Waals surface area contributed by atoms with Gasteiger partial charge < -0.3 is 0 Å². The molecular weight excluding hydrogens is 234 g/mol. The highest BCUT2D eigenvalue weighted by molar-refractivity contribution is 5.11. The Kier molecular flexibility index (Phi) is 3.04. The first-order chi connectivity index (χ1) is 9.38. The largest absolute Gasteiger partial charge is 0.300 e. The van der Waals surface area contributed by atoms with E-state index in [4.69, 9.17) is 0 Å². The fraction of sp³-hybridized carbons (Fsp3) is 0.938. The molecule has 4 saturated heterocycles. The molecule has 0 radical (unpaired) electrons. The summed E-state index contributed by atoms with van der Waals surface area (Å²) in [6, 6.07) is 4.35. The van der Waals surface area contributed by atoms with E-state index in [0.717, 1.165) is 18.0 Å². The van der Waals surface area contributed by atoms with Crippen LogP contribution in [0.2, 0.25) is 0 Å². The minimum Gasteiger partial charge on any atom is -0.300 e. The monoisotopic (exact) mass is 259 g/mol. The first kappa shape index (κ1) is 12.2. The van der Waals surface area contributed by atoms with E-state index in [1.165, 1.54) is 64.6 Å². The maximum Gasteiger partial charge on any atom is 0.102 e. The van der Waals surface area contributed by atoms with E-state index in [2.05, 4.69) is 15.9 Å². The van der Waals surface area contributed by atoms with Crippen molar-refractivity contribution in [1.29, 1.82) is 5.26 Å². The van der Waals surface area contributed by atoms with Crippen molar-refractivity contribution in [3.8, 4) is 6.07 Å². The van der Waals surface area contributed by atoms with Crippen molar-refractivity contribution in [3.63, 3.8) is 0 Å². The van der Waals surface area contributed by atoms with Gasteiger partial charge in [-0.15, -0.1) is 0 Å². The summed E-state index contributed by atoms with van der Waals surface area (Å²) in [6.07, 6.45) is 9.46. The molecule has 0 amide bonds. The van der Waals surface area contributed by atoms with Crippen LogP contribution in [0.3, 0.4) is 0 Å². The van der Waals surface area contributed by atoms with E-state index in [1.807, 2.05) is 0 Å². The van der Waals surface area contributed by atoms with Crippen molar-refractivity contribution in [2.45, 2.75) is 63.1 Å². The Labute approximate surface area is 116 Å². The van der Waals surface area contributed by atoms with Gasteiger partial charge in [-0.1, -0.05) is 12.8 Å². The average molecular weight is 259 g/mol. The summed E-state index contributed by atoms with van der Waals surface area (Å²) in [5, 5.41) is 9.72. The third-order valence-electron chi connectivity index (χ3n) is 6.23. The van der Waals surface area contributed by atoms with Gasteiger partial charge in [0.05, 0.1) is 6.07 Å². The lowest BCUT2D eigenvalue weighted by Gasteiger charge is -2.59. The lowest BCUT2D eigenvalue weighted by Crippen LogP contribution is -2.66. The molecule has 4 aliphatic rings. The van der Waals surface area contributed by atoms with Crippen LogP contribution in [0, 0.1) is 23.2 Å². The fourth-order valence-corrected chi connectivity index (χ4v) is 5.48. The lowest BCUT2D eigenvalue weighted by atomic mass is 9.67. The van der Waals surface area contributed by atoms with Crippen molar-refractivity contribution in [1.82, 2.24) is 9.80 Å². The quantitative estimate of drug-likeness (QED) is 0.668. The van der Waals surface area contributed by atoms with E-state index < -0.39 is 0 Å². The number of fused-ring (bicyclic) bond motifs is 6. The van der Waals surface area contributed by atoms with Crippen molar-refractivity contribution in [2.75, 3.05) is 19.6 Å². The number of nitriles is 1. The Morgan fingerprint density at radius 2 is 1.74 bits per heavy atom. The Morgan fingerprint density at radius 3 is 2.58 bits per heavy atom. The molecule has 5 atom stereocenters. The molecule has 0 spiro atoms. The molecule has 4 rings (SSSR count). The maximum absolute atomic E-state index is 9.72. The van der Waals surface area contributed by atoms with Crippen LogP contribution in [0.25, 0.3) is 0 Å². The number of nitrogens with zero attached hydrogens (tertiary/aromatic N) is 3. The second-order valence-corrected chi connectivity index (χ2v) is 7.09. The maximum atomic E-state index is 9.72. The van der Waals surface area contributed by atoms with Crippen LogP contribution in [-0.4, -0.2) is 47.6 Å². The van der Waals surface area contributed by atoms with Gasteiger partial charge in [-0.05, 0) is 51.1 Å². The highest BCUT2D eigenvalue weighted by atomic mass is 15.3. The molecule has 0 saturated carbocycles. The van der Waals surface area contributed by atoms with Crippen LogP contribution < -0.4 is 0 Å². The van der Waals surface area contributed by atoms with Crippen molar-refractivity contribution < 1.29 is 0 Å². The standard InChI is InChI=1S/C16H25N3/c17-10-16-13-9-12(14-5-2-4-8-19(14)16)11-18-7-3-1-6-15(13)18/h12-16H,1-9,11H2/t12-,13+,14-,15+,16+/m0/s1. The zero-order valence-electron chi connectivity index (χ0n) is 11.8. The predicted octanol–water partition coefficient (Wildman–Crippen LogP) is 2.24. The second kappa shape index (κ2) is 4.75. The molecular formula is C16H25N3. The molecule has 0 aliphatic carbocycles. The predicted molar refractivity (Wildman–Crippen MR) is 74.6 cm³/mol. The molecule has 4 fully saturated rings. The zero-order valence-corrected chi connectivity index (χ0v) is 11.8. The first-order valence-corrected chi connectivity index (χ1v) is 8.28. The summed E-state index contributed by atoms with van der Waals surface area (Å²) >= 11 is 0. The van der Waals surface area contributed by atoms with E-state index >= 15 is 0 Å². The van der Waals surface area contributed by atoms with Gasteiger partial charge in [0, 0.05) is 24.5 Å². The molecule has 0 N–H and O–H groups in total. The average Bonchev–Trinajstić information content (AvgIpc) is 2.48. The van der Waals surface area contributed by atoms with Crippen molar-refractivity contribution in [2.24, 2.45) is 11.8 Å². The zero-order chi connectivity index (χ0) is 12.8. The fourth-order valence-electron chi connectivity index (χ4n) is 5.48. The molecule has 0 unspecified atom stereocenters. The molecule has 0 aromatic rings. The van der Waals surface area contributed by atoms with Crippen LogP contribution in [0.4, 0.5) is 0 Å². The smallest absolute Gasteiger partial charge is 0.102 e. The summed E-state index contributed by atoms with van der Waals surface area (Å²) in [6.45, 7) is 3.80. The normalized spacial score (nSPS) is 47.0. The molecule has 0 aromatic heterocycles. The van der Waals surface area contributed by atoms with Crippen LogP contribution in [0.5, 0.6) is 0 Å². The highest BCUT2D eigenvalue weighted by Gasteiger charge is 2.51. The Balaban J connectivity index is 1.65. The van der Waals surface area contributed by atoms with Crippen LogP contribution >= 0.6 is 0 Å². The van der Waals surface area contributed by atoms with Crippen molar-refractivity contribution >= 4 is 0 Å². The Morgan fingerprint density at radius 1 is 0.947 bits per heavy atom. The van der Waals surface area contributed by atoms with Gasteiger partial charge in [0.1, 0.15) is 6.04 Å². The molecule has 0 aromatic carbocycles. The third kappa shape index (κ3) is 1.84. The van der Waals surface area contributed by atoms with Gasteiger partial charge in [0.15, 0.2) is 0 Å². The summed E-state index contributed by atoms with van der Waals surface area (Å²) in [7, 11) is 0. The van der Waals surface area contributed by atoms with E-state index in [9.17, 15) is 5.26 Å². The van der Waals surface area contributed by atoms with Crippen LogP contribution in [-0.2, 0) is 0 Å². The Bertz CT molecular complexity index is 386. The minimum atomic E-state index is 0.215. The molecule has 2 bridgehead atoms. The van der Waals surface area contributed by atoms with E-state index in [-0.39, 0.29) is 6.04 Å². The highest BCUT2D eigenvalue weighted by Crippen LogP contribution is 2.45. The second-order valence-electron chi connectivity index (χ2n) is 7.09. The molecule has 3 heteroatoms. The van der Waals surface area contributed by atoms with Gasteiger partial charge in [-0.25, -0.2) is 0 Å². The Hall–Kier alpha value is -0.590. The summed E-state index contributed by atoms with van der Waals surface area (Å²) in [4.78, 5) is 5.35. The van der Waals surface area contributed by atoms with Gasteiger partial charge in [0.25, 0.3) is 0 Å². The molecule has 4 heterocycles. The number of piperidine rings is 4. The molecule has 4 aliphatic heterocycles. The van der Waals surface area contributed by atoms with E-state index in [0.29, 0.717) is 5.92 Å². The summed E-state index contributed by atoms with van der Waals surface area (Å²) < 4.78 is 0. The molecule has 19 heavy (non-hydrogen) atoms. The first-order valence-electron chi connectivity index (χ1n) is 8.28. The van der Waals surface area contributed by atoms with Gasteiger partial charge in [-0.2, -0.15) is 5.26 Å². The number of hydrogen-bond donors (Lipinski definition) is 0. The summed E-state index contributed by atoms with van der Waals surface area (Å²) in [5.74, 6) is 1.49. The van der Waals surface area contributed by atoms with Crippen LogP contribution in [0.15, 0.2) is 0 Å². The van der Waals surface area contributed by atoms with Crippen LogP contribution in [0.1, 0.15) is 44.9 Å². The SMILES string of the molecule is N#C[C@@H]1[C@@H]2C[C@@H](CN3CCCC[C@H]23)[C@@H]2CCCCN12. The van der Waals surface area contributed by atoms with Gasteiger partial charge in [-0.3, -0.25) is 9.80 Å². The van der Waals surface area contributed by atoms with Gasteiger partial charge in [0.2, 0.25) is 0 Å². The topological polar surface area (TPSA) is 30.3 Å². The number of rotatable bonds is 0. The molecule has 104 valence electrons. The van der Waals surface area contributed by atoms with Gasteiger partial charge >= 0.3 is 0 Å².